The average Bonchev–Trinajstić information content (AvgIpc) is 2.65. The molecule has 1 amide bonds. The molecule has 0 saturated heterocycles. The Morgan fingerprint density at radius 3 is 1.71 bits per heavy atom. The summed E-state index contributed by atoms with van der Waals surface area (Å²) >= 11 is 0. The highest BCUT2D eigenvalue weighted by Crippen LogP contribution is 2.53. The summed E-state index contributed by atoms with van der Waals surface area (Å²) in [6, 6.07) is 4.69. The minimum absolute atomic E-state index is 0.0879. The highest BCUT2D eigenvalue weighted by atomic mass is 31.2. The number of hydrogen-bond acceptors (Lipinski definition) is 8. The molecular formula is C20H35NO8P2. The molecule has 0 heterocycles. The minimum atomic E-state index is -3.84. The Morgan fingerprint density at radius 2 is 1.29 bits per heavy atom. The van der Waals surface area contributed by atoms with Gasteiger partial charge in [0.25, 0.3) is 0 Å². The van der Waals surface area contributed by atoms with E-state index in [1.807, 2.05) is 0 Å². The number of ether oxygens (including phenoxy) is 1. The molecule has 0 aliphatic heterocycles. The van der Waals surface area contributed by atoms with E-state index >= 15 is 0 Å². The van der Waals surface area contributed by atoms with E-state index < -0.39 is 26.9 Å². The normalized spacial score (nSPS) is 12.6. The van der Waals surface area contributed by atoms with Crippen molar-refractivity contribution in [3.8, 4) is 0 Å². The first-order valence-electron chi connectivity index (χ1n) is 10.3. The molecule has 0 atom stereocenters. The first-order chi connectivity index (χ1) is 14.4. The molecule has 0 aromatic heterocycles. The lowest BCUT2D eigenvalue weighted by atomic mass is 10.2. The lowest BCUT2D eigenvalue weighted by Gasteiger charge is -2.25. The number of carbonyl (C=O) groups excluding carboxylic acids is 1. The van der Waals surface area contributed by atoms with E-state index in [0.29, 0.717) is 5.56 Å². The average molecular weight is 479 g/mol. The van der Waals surface area contributed by atoms with E-state index in [2.05, 4.69) is 5.32 Å². The van der Waals surface area contributed by atoms with Crippen molar-refractivity contribution < 1.29 is 36.8 Å². The second-order valence-corrected chi connectivity index (χ2v) is 11.3. The molecule has 1 rings (SSSR count). The maximum atomic E-state index is 13.6. The summed E-state index contributed by atoms with van der Waals surface area (Å²) in [7, 11) is -7.62. The lowest BCUT2D eigenvalue weighted by Crippen LogP contribution is -2.33. The lowest BCUT2D eigenvalue weighted by molar-refractivity contribution is 0.0523. The molecule has 1 N–H and O–H groups in total. The number of benzene rings is 1. The zero-order valence-corrected chi connectivity index (χ0v) is 21.2. The first-order valence-corrected chi connectivity index (χ1v) is 13.4. The van der Waals surface area contributed by atoms with Gasteiger partial charge in [0.15, 0.2) is 0 Å². The molecule has 31 heavy (non-hydrogen) atoms. The molecule has 1 aromatic rings. The molecule has 0 unspecified atom stereocenters. The highest BCUT2D eigenvalue weighted by Gasteiger charge is 2.38. The molecular weight excluding hydrogens is 444 g/mol. The molecule has 0 bridgehead atoms. The topological polar surface area (TPSA) is 109 Å². The maximum absolute atomic E-state index is 13.6. The van der Waals surface area contributed by atoms with Crippen LogP contribution in [0, 0.1) is 0 Å². The van der Waals surface area contributed by atoms with E-state index in [1.54, 1.807) is 54.5 Å². The summed E-state index contributed by atoms with van der Waals surface area (Å²) in [5, 5.41) is 2.84. The number of nitrogens with one attached hydrogen (secondary N) is 1. The molecule has 0 fully saturated rings. The van der Waals surface area contributed by atoms with E-state index in [1.165, 1.54) is 12.1 Å². The second kappa shape index (κ2) is 12.1. The quantitative estimate of drug-likeness (QED) is 0.437. The van der Waals surface area contributed by atoms with Gasteiger partial charge in [-0.15, -0.1) is 0 Å². The van der Waals surface area contributed by atoms with Gasteiger partial charge in [-0.2, -0.15) is 0 Å². The van der Waals surface area contributed by atoms with Gasteiger partial charge >= 0.3 is 21.3 Å². The number of amides is 1. The summed E-state index contributed by atoms with van der Waals surface area (Å²) < 4.78 is 54.1. The fourth-order valence-electron chi connectivity index (χ4n) is 2.65. The number of rotatable bonds is 12. The number of alkyl carbamates (subject to hydrolysis) is 1. The first kappa shape index (κ1) is 27.8. The smallest absolute Gasteiger partial charge is 0.407 e. The van der Waals surface area contributed by atoms with E-state index in [-0.39, 0.29) is 43.6 Å². The third kappa shape index (κ3) is 8.33. The largest absolute Gasteiger partial charge is 0.444 e. The van der Waals surface area contributed by atoms with Crippen molar-refractivity contribution in [1.82, 2.24) is 5.32 Å². The molecule has 11 heteroatoms. The van der Waals surface area contributed by atoms with Gasteiger partial charge in [-0.25, -0.2) is 4.79 Å². The van der Waals surface area contributed by atoms with Gasteiger partial charge in [0.1, 0.15) is 5.60 Å². The van der Waals surface area contributed by atoms with Crippen molar-refractivity contribution >= 4 is 31.9 Å². The zero-order valence-electron chi connectivity index (χ0n) is 19.4. The van der Waals surface area contributed by atoms with Crippen LogP contribution in [0.3, 0.4) is 0 Å². The Kier molecular flexibility index (Phi) is 10.9. The van der Waals surface area contributed by atoms with Crippen LogP contribution in [0.15, 0.2) is 18.2 Å². The SMILES string of the molecule is CCOP(=O)(OCC)c1ccc(CNC(=O)OC(C)(C)C)cc1P(=O)(OCC)OCC. The van der Waals surface area contributed by atoms with Gasteiger partial charge in [-0.1, -0.05) is 6.07 Å². The summed E-state index contributed by atoms with van der Waals surface area (Å²) in [6.45, 7) is 12.6. The van der Waals surface area contributed by atoms with Crippen molar-refractivity contribution in [1.29, 1.82) is 0 Å². The van der Waals surface area contributed by atoms with Crippen LogP contribution in [0.4, 0.5) is 4.79 Å². The third-order valence-electron chi connectivity index (χ3n) is 3.66. The second-order valence-electron chi connectivity index (χ2n) is 7.34. The molecule has 9 nitrogen and oxygen atoms in total. The van der Waals surface area contributed by atoms with Crippen LogP contribution >= 0.6 is 15.2 Å². The van der Waals surface area contributed by atoms with Gasteiger partial charge in [0.2, 0.25) is 0 Å². The van der Waals surface area contributed by atoms with Gasteiger partial charge in [-0.3, -0.25) is 9.13 Å². The summed E-state index contributed by atoms with van der Waals surface area (Å²) in [6.07, 6.45) is -0.592. The van der Waals surface area contributed by atoms with Crippen molar-refractivity contribution in [2.75, 3.05) is 26.4 Å². The van der Waals surface area contributed by atoms with Gasteiger partial charge in [-0.05, 0) is 66.2 Å². The Labute approximate surface area is 185 Å². The van der Waals surface area contributed by atoms with Crippen LogP contribution < -0.4 is 15.9 Å². The standard InChI is InChI=1S/C20H35NO8P2/c1-8-25-30(23,26-9-2)17-13-12-16(15-21-19(22)29-20(5,6)7)14-18(17)31(24,27-10-3)28-11-4/h12-14H,8-11,15H2,1-7H3,(H,21,22). The Bertz CT molecular complexity index is 802. The van der Waals surface area contributed by atoms with Gasteiger partial charge < -0.3 is 28.1 Å². The number of carbonyl (C=O) groups is 1. The monoisotopic (exact) mass is 479 g/mol. The van der Waals surface area contributed by atoms with Crippen molar-refractivity contribution in [2.24, 2.45) is 0 Å². The van der Waals surface area contributed by atoms with Crippen molar-refractivity contribution in [3.63, 3.8) is 0 Å². The van der Waals surface area contributed by atoms with Crippen molar-refractivity contribution in [2.45, 2.75) is 60.6 Å². The minimum Gasteiger partial charge on any atom is -0.444 e. The fraction of sp³-hybridized carbons (Fsp3) is 0.650. The van der Waals surface area contributed by atoms with Crippen LogP contribution in [0.25, 0.3) is 0 Å². The predicted molar refractivity (Wildman–Crippen MR) is 121 cm³/mol. The summed E-state index contributed by atoms with van der Waals surface area (Å²) in [4.78, 5) is 12.0. The van der Waals surface area contributed by atoms with Crippen LogP contribution in [0.5, 0.6) is 0 Å². The van der Waals surface area contributed by atoms with Crippen LogP contribution in [-0.2, 0) is 38.5 Å². The Balaban J connectivity index is 3.44. The summed E-state index contributed by atoms with van der Waals surface area (Å²) in [5.41, 5.74) is -0.0517. The maximum Gasteiger partial charge on any atom is 0.407 e. The number of hydrogen-bond donors (Lipinski definition) is 1. The van der Waals surface area contributed by atoms with Gasteiger partial charge in [0.05, 0.1) is 37.0 Å². The molecule has 178 valence electrons. The van der Waals surface area contributed by atoms with E-state index in [9.17, 15) is 13.9 Å². The van der Waals surface area contributed by atoms with E-state index in [0.717, 1.165) is 0 Å². The highest BCUT2D eigenvalue weighted by molar-refractivity contribution is 7.68. The van der Waals surface area contributed by atoms with Crippen molar-refractivity contribution in [3.05, 3.63) is 23.8 Å². The Hall–Kier alpha value is -1.21. The molecule has 0 aliphatic carbocycles. The van der Waals surface area contributed by atoms with Gasteiger partial charge in [0, 0.05) is 6.54 Å². The van der Waals surface area contributed by atoms with Crippen LogP contribution in [0.2, 0.25) is 0 Å². The fourth-order valence-corrected chi connectivity index (χ4v) is 6.73. The molecule has 0 spiro atoms. The third-order valence-corrected chi connectivity index (χ3v) is 8.17. The van der Waals surface area contributed by atoms with Crippen LogP contribution in [-0.4, -0.2) is 38.1 Å². The zero-order chi connectivity index (χ0) is 23.7. The molecule has 0 radical (unpaired) electrons. The molecule has 1 aromatic carbocycles. The predicted octanol–water partition coefficient (Wildman–Crippen LogP) is 4.49. The van der Waals surface area contributed by atoms with E-state index in [4.69, 9.17) is 22.8 Å². The Morgan fingerprint density at radius 1 is 0.839 bits per heavy atom. The molecule has 0 aliphatic rings. The van der Waals surface area contributed by atoms with Crippen LogP contribution in [0.1, 0.15) is 54.0 Å². The molecule has 0 saturated carbocycles. The summed E-state index contributed by atoms with van der Waals surface area (Å²) in [5.74, 6) is 0.